The Bertz CT molecular complexity index is 1450. The molecule has 0 spiro atoms. The van der Waals surface area contributed by atoms with Crippen LogP contribution < -0.4 is 20.1 Å². The molecular weight excluding hydrogens is 504 g/mol. The van der Waals surface area contributed by atoms with E-state index in [9.17, 15) is 9.59 Å². The van der Waals surface area contributed by atoms with Gasteiger partial charge in [-0.15, -0.1) is 0 Å². The molecular formula is C29H29ClN4O4. The van der Waals surface area contributed by atoms with E-state index < -0.39 is 5.91 Å². The molecule has 4 aromatic rings. The third-order valence-corrected chi connectivity index (χ3v) is 6.07. The van der Waals surface area contributed by atoms with Crippen LogP contribution in [0.25, 0.3) is 5.69 Å². The van der Waals surface area contributed by atoms with Gasteiger partial charge in [-0.25, -0.2) is 4.68 Å². The van der Waals surface area contributed by atoms with E-state index in [1.807, 2.05) is 63.2 Å². The molecule has 0 aliphatic carbocycles. The van der Waals surface area contributed by atoms with Gasteiger partial charge in [-0.3, -0.25) is 9.59 Å². The molecule has 196 valence electrons. The van der Waals surface area contributed by atoms with Crippen molar-refractivity contribution in [2.75, 3.05) is 23.8 Å². The van der Waals surface area contributed by atoms with Gasteiger partial charge >= 0.3 is 0 Å². The van der Waals surface area contributed by atoms with Gasteiger partial charge in [-0.1, -0.05) is 47.5 Å². The normalized spacial score (nSPS) is 10.7. The lowest BCUT2D eigenvalue weighted by Gasteiger charge is -2.18. The molecule has 0 saturated carbocycles. The van der Waals surface area contributed by atoms with Crippen molar-refractivity contribution in [1.82, 2.24) is 9.78 Å². The Morgan fingerprint density at radius 3 is 1.95 bits per heavy atom. The number of para-hydroxylation sites is 1. The molecule has 0 unspecified atom stereocenters. The van der Waals surface area contributed by atoms with Crippen molar-refractivity contribution in [3.63, 3.8) is 0 Å². The number of aryl methyl sites for hydroxylation is 2. The molecule has 9 heteroatoms. The van der Waals surface area contributed by atoms with Crippen LogP contribution in [-0.2, 0) is 0 Å². The summed E-state index contributed by atoms with van der Waals surface area (Å²) in [6.07, 6.45) is 0. The van der Waals surface area contributed by atoms with Crippen LogP contribution in [0, 0.1) is 13.8 Å². The number of nitrogens with zero attached hydrogens (tertiary/aromatic N) is 2. The fourth-order valence-corrected chi connectivity index (χ4v) is 4.24. The van der Waals surface area contributed by atoms with Gasteiger partial charge in [-0.05, 0) is 52.0 Å². The minimum atomic E-state index is -0.450. The van der Waals surface area contributed by atoms with Crippen molar-refractivity contribution < 1.29 is 19.1 Å². The molecule has 0 atom stereocenters. The van der Waals surface area contributed by atoms with Crippen molar-refractivity contribution in [3.05, 3.63) is 94.3 Å². The molecule has 0 radical (unpaired) electrons. The highest BCUT2D eigenvalue weighted by Crippen LogP contribution is 2.38. The lowest BCUT2D eigenvalue weighted by Crippen LogP contribution is -2.16. The Balaban J connectivity index is 1.66. The van der Waals surface area contributed by atoms with Gasteiger partial charge in [-0.2, -0.15) is 5.10 Å². The van der Waals surface area contributed by atoms with Crippen molar-refractivity contribution in [2.24, 2.45) is 0 Å². The average molecular weight is 533 g/mol. The summed E-state index contributed by atoms with van der Waals surface area (Å²) in [4.78, 5) is 26.3. The van der Waals surface area contributed by atoms with Crippen LogP contribution >= 0.6 is 11.6 Å². The van der Waals surface area contributed by atoms with Crippen molar-refractivity contribution in [3.8, 4) is 17.2 Å². The predicted molar refractivity (Wildman–Crippen MR) is 149 cm³/mol. The van der Waals surface area contributed by atoms with Gasteiger partial charge < -0.3 is 20.1 Å². The number of carbonyl (C=O) groups excluding carboxylic acids is 2. The van der Waals surface area contributed by atoms with Gasteiger partial charge in [0, 0.05) is 17.7 Å². The second-order valence-corrected chi connectivity index (χ2v) is 8.84. The Morgan fingerprint density at radius 2 is 1.39 bits per heavy atom. The Kier molecular flexibility index (Phi) is 8.33. The number of aromatic nitrogens is 2. The van der Waals surface area contributed by atoms with Gasteiger partial charge in [0.05, 0.1) is 36.0 Å². The molecule has 0 aliphatic rings. The van der Waals surface area contributed by atoms with Gasteiger partial charge in [0.1, 0.15) is 22.2 Å². The van der Waals surface area contributed by atoms with E-state index >= 15 is 0 Å². The van der Waals surface area contributed by atoms with E-state index in [1.54, 1.807) is 31.2 Å². The molecule has 2 amide bonds. The predicted octanol–water partition coefficient (Wildman–Crippen LogP) is 6.44. The number of ether oxygens (including phenoxy) is 2. The first-order valence-electron chi connectivity index (χ1n) is 12.3. The maximum Gasteiger partial charge on any atom is 0.260 e. The molecule has 0 saturated heterocycles. The molecule has 4 rings (SSSR count). The number of hydrogen-bond donors (Lipinski definition) is 2. The summed E-state index contributed by atoms with van der Waals surface area (Å²) in [5.41, 5.74) is 3.81. The number of hydrogen-bond acceptors (Lipinski definition) is 5. The lowest BCUT2D eigenvalue weighted by molar-refractivity contribution is 0.101. The van der Waals surface area contributed by atoms with E-state index in [4.69, 9.17) is 21.1 Å². The minimum absolute atomic E-state index is 0.191. The summed E-state index contributed by atoms with van der Waals surface area (Å²) in [6.45, 7) is 8.03. The van der Waals surface area contributed by atoms with Crippen LogP contribution in [0.15, 0.2) is 66.7 Å². The van der Waals surface area contributed by atoms with Crippen LogP contribution in [0.4, 0.5) is 11.4 Å². The largest absolute Gasteiger partial charge is 0.492 e. The highest BCUT2D eigenvalue weighted by atomic mass is 35.5. The standard InChI is InChI=1S/C29H29ClN4O4/c1-5-37-24-17-23(25(38-6-2)16-22(24)31-28(35)20-14-12-18(3)13-15-20)32-29(36)26-19(4)33-34(27(26)30)21-10-8-7-9-11-21/h7-17H,5-6H2,1-4H3,(H,31,35)(H,32,36). The maximum atomic E-state index is 13.4. The molecule has 0 bridgehead atoms. The van der Waals surface area contributed by atoms with Gasteiger partial charge in [0.25, 0.3) is 11.8 Å². The number of carbonyl (C=O) groups is 2. The minimum Gasteiger partial charge on any atom is -0.492 e. The monoisotopic (exact) mass is 532 g/mol. The van der Waals surface area contributed by atoms with E-state index in [0.29, 0.717) is 47.3 Å². The van der Waals surface area contributed by atoms with Crippen molar-refractivity contribution in [2.45, 2.75) is 27.7 Å². The summed E-state index contributed by atoms with van der Waals surface area (Å²) in [5.74, 6) is 0.0118. The quantitative estimate of drug-likeness (QED) is 0.258. The molecule has 8 nitrogen and oxygen atoms in total. The van der Waals surface area contributed by atoms with Crippen LogP contribution in [0.2, 0.25) is 5.15 Å². The number of rotatable bonds is 9. The number of anilines is 2. The number of nitrogens with one attached hydrogen (secondary N) is 2. The third kappa shape index (κ3) is 5.81. The van der Waals surface area contributed by atoms with E-state index in [-0.39, 0.29) is 16.6 Å². The molecule has 1 heterocycles. The Hall–Kier alpha value is -4.30. The van der Waals surface area contributed by atoms with Crippen LogP contribution in [0.1, 0.15) is 45.8 Å². The molecule has 0 aliphatic heterocycles. The molecule has 38 heavy (non-hydrogen) atoms. The number of halogens is 1. The maximum absolute atomic E-state index is 13.4. The fourth-order valence-electron chi connectivity index (χ4n) is 3.89. The average Bonchev–Trinajstić information content (AvgIpc) is 3.21. The Labute approximate surface area is 226 Å². The van der Waals surface area contributed by atoms with Crippen molar-refractivity contribution >= 4 is 34.8 Å². The number of amides is 2. The zero-order chi connectivity index (χ0) is 27.2. The first-order valence-corrected chi connectivity index (χ1v) is 12.6. The fraction of sp³-hybridized carbons (Fsp3) is 0.207. The van der Waals surface area contributed by atoms with Gasteiger partial charge in [0.15, 0.2) is 0 Å². The highest BCUT2D eigenvalue weighted by molar-refractivity contribution is 6.34. The summed E-state index contributed by atoms with van der Waals surface area (Å²) >= 11 is 6.59. The zero-order valence-corrected chi connectivity index (χ0v) is 22.4. The summed E-state index contributed by atoms with van der Waals surface area (Å²) in [5, 5.41) is 10.4. The molecule has 2 N–H and O–H groups in total. The molecule has 0 fully saturated rings. The van der Waals surface area contributed by atoms with Gasteiger partial charge in [0.2, 0.25) is 0 Å². The molecule has 1 aromatic heterocycles. The first-order chi connectivity index (χ1) is 18.3. The number of benzene rings is 3. The first kappa shape index (κ1) is 26.8. The lowest BCUT2D eigenvalue weighted by atomic mass is 10.1. The second-order valence-electron chi connectivity index (χ2n) is 8.48. The topological polar surface area (TPSA) is 94.5 Å². The van der Waals surface area contributed by atoms with Crippen LogP contribution in [-0.4, -0.2) is 34.8 Å². The molecule has 3 aromatic carbocycles. The Morgan fingerprint density at radius 1 is 0.842 bits per heavy atom. The highest BCUT2D eigenvalue weighted by Gasteiger charge is 2.23. The van der Waals surface area contributed by atoms with Crippen LogP contribution in [0.3, 0.4) is 0 Å². The van der Waals surface area contributed by atoms with E-state index in [1.165, 1.54) is 4.68 Å². The summed E-state index contributed by atoms with van der Waals surface area (Å²) in [6, 6.07) is 19.8. The van der Waals surface area contributed by atoms with E-state index in [2.05, 4.69) is 15.7 Å². The van der Waals surface area contributed by atoms with E-state index in [0.717, 1.165) is 11.3 Å². The summed E-state index contributed by atoms with van der Waals surface area (Å²) < 4.78 is 13.1. The third-order valence-electron chi connectivity index (χ3n) is 5.72. The summed E-state index contributed by atoms with van der Waals surface area (Å²) in [7, 11) is 0. The SMILES string of the molecule is CCOc1cc(NC(=O)c2c(C)nn(-c3ccccc3)c2Cl)c(OCC)cc1NC(=O)c1ccc(C)cc1. The second kappa shape index (κ2) is 11.8. The zero-order valence-electron chi connectivity index (χ0n) is 21.7. The van der Waals surface area contributed by atoms with Crippen LogP contribution in [0.5, 0.6) is 11.5 Å². The van der Waals surface area contributed by atoms with Crippen molar-refractivity contribution in [1.29, 1.82) is 0 Å². The smallest absolute Gasteiger partial charge is 0.260 e.